The lowest BCUT2D eigenvalue weighted by Gasteiger charge is -2.25. The van der Waals surface area contributed by atoms with Gasteiger partial charge in [-0.05, 0) is 31.4 Å². The molecule has 4 N–H and O–H groups in total. The topological polar surface area (TPSA) is 113 Å². The summed E-state index contributed by atoms with van der Waals surface area (Å²) < 4.78 is 15.5. The fourth-order valence-electron chi connectivity index (χ4n) is 5.03. The van der Waals surface area contributed by atoms with Crippen LogP contribution in [0.5, 0.6) is 0 Å². The quantitative estimate of drug-likeness (QED) is 0.520. The maximum Gasteiger partial charge on any atom is 0.258 e. The Bertz CT molecular complexity index is 1210. The number of hydrogen-bond acceptors (Lipinski definition) is 6. The number of pyridine rings is 1. The Labute approximate surface area is 189 Å². The summed E-state index contributed by atoms with van der Waals surface area (Å²) in [5, 5.41) is 10.8. The van der Waals surface area contributed by atoms with Crippen molar-refractivity contribution in [1.82, 2.24) is 25.1 Å². The van der Waals surface area contributed by atoms with Gasteiger partial charge in [0.25, 0.3) is 5.91 Å². The van der Waals surface area contributed by atoms with E-state index >= 15 is 4.39 Å². The molecule has 5 rings (SSSR count). The first-order valence-corrected chi connectivity index (χ1v) is 10.8. The number of fused-ring (bicyclic) bond motifs is 2. The molecule has 8 nitrogen and oxygen atoms in total. The Kier molecular flexibility index (Phi) is 4.81. The number of anilines is 2. The third-order valence-corrected chi connectivity index (χ3v) is 7.05. The third kappa shape index (κ3) is 3.02. The van der Waals surface area contributed by atoms with Gasteiger partial charge in [0.05, 0.1) is 10.6 Å². The number of hydrogen-bond donors (Lipinski definition) is 3. The van der Waals surface area contributed by atoms with E-state index in [0.29, 0.717) is 17.1 Å². The van der Waals surface area contributed by atoms with Crippen molar-refractivity contribution in [2.45, 2.75) is 30.6 Å². The van der Waals surface area contributed by atoms with E-state index in [-0.39, 0.29) is 28.1 Å². The zero-order valence-electron chi connectivity index (χ0n) is 17.7. The molecule has 0 saturated heterocycles. The molecule has 1 aromatic carbocycles. The largest absolute Gasteiger partial charge is 0.398 e. The number of amides is 1. The van der Waals surface area contributed by atoms with Crippen LogP contribution in [0.3, 0.4) is 0 Å². The van der Waals surface area contributed by atoms with E-state index in [0.717, 1.165) is 36.5 Å². The summed E-state index contributed by atoms with van der Waals surface area (Å²) in [6.07, 6.45) is 5.74. The lowest BCUT2D eigenvalue weighted by molar-refractivity contribution is 0.0824. The van der Waals surface area contributed by atoms with Gasteiger partial charge in [-0.1, -0.05) is 11.6 Å². The first-order valence-electron chi connectivity index (χ1n) is 10.4. The van der Waals surface area contributed by atoms with E-state index in [1.54, 1.807) is 26.4 Å². The van der Waals surface area contributed by atoms with Crippen LogP contribution in [0.4, 0.5) is 15.9 Å². The Hall–Kier alpha value is -3.20. The second-order valence-corrected chi connectivity index (χ2v) is 9.12. The van der Waals surface area contributed by atoms with Gasteiger partial charge in [-0.2, -0.15) is 5.10 Å². The van der Waals surface area contributed by atoms with Crippen molar-refractivity contribution in [2.24, 2.45) is 0 Å². The van der Waals surface area contributed by atoms with Gasteiger partial charge >= 0.3 is 0 Å². The van der Waals surface area contributed by atoms with Gasteiger partial charge in [0, 0.05) is 60.5 Å². The van der Waals surface area contributed by atoms with Gasteiger partial charge in [-0.15, -0.1) is 0 Å². The maximum absolute atomic E-state index is 15.5. The van der Waals surface area contributed by atoms with E-state index in [1.807, 2.05) is 0 Å². The lowest BCUT2D eigenvalue weighted by atomic mass is 9.79. The summed E-state index contributed by atoms with van der Waals surface area (Å²) in [4.78, 5) is 22.7. The average Bonchev–Trinajstić information content (AvgIpc) is 3.50. The molecule has 0 radical (unpaired) electrons. The van der Waals surface area contributed by atoms with Crippen molar-refractivity contribution in [3.05, 3.63) is 52.4 Å². The second-order valence-electron chi connectivity index (χ2n) is 8.74. The predicted molar refractivity (Wildman–Crippen MR) is 120 cm³/mol. The highest BCUT2D eigenvalue weighted by molar-refractivity contribution is 6.34. The number of carbonyl (C=O) groups is 1. The number of nitrogens with two attached hydrogens (primary N) is 1. The van der Waals surface area contributed by atoms with Crippen molar-refractivity contribution in [1.29, 1.82) is 0 Å². The van der Waals surface area contributed by atoms with Crippen LogP contribution < -0.4 is 11.1 Å². The monoisotopic (exact) mass is 455 g/mol. The first-order chi connectivity index (χ1) is 15.3. The number of halogens is 2. The molecule has 166 valence electrons. The summed E-state index contributed by atoms with van der Waals surface area (Å²) >= 11 is 6.93. The van der Waals surface area contributed by atoms with Crippen molar-refractivity contribution < 1.29 is 9.18 Å². The molecule has 2 aromatic heterocycles. The number of nitrogens with one attached hydrogen (secondary N) is 2. The van der Waals surface area contributed by atoms with Crippen LogP contribution in [0.25, 0.3) is 11.1 Å². The van der Waals surface area contributed by atoms with Gasteiger partial charge < -0.3 is 16.0 Å². The minimum absolute atomic E-state index is 0.0824. The number of rotatable bonds is 3. The lowest BCUT2D eigenvalue weighted by Crippen LogP contribution is -2.25. The Morgan fingerprint density at radius 3 is 2.84 bits per heavy atom. The van der Waals surface area contributed by atoms with E-state index in [4.69, 9.17) is 17.3 Å². The molecule has 2 aliphatic rings. The molecule has 32 heavy (non-hydrogen) atoms. The predicted octanol–water partition coefficient (Wildman–Crippen LogP) is 3.57. The summed E-state index contributed by atoms with van der Waals surface area (Å²) in [5.74, 6) is 0.626. The minimum Gasteiger partial charge on any atom is -0.398 e. The van der Waals surface area contributed by atoms with Crippen molar-refractivity contribution >= 4 is 29.0 Å². The Balaban J connectivity index is 1.60. The van der Waals surface area contributed by atoms with Crippen molar-refractivity contribution in [2.75, 3.05) is 31.7 Å². The van der Waals surface area contributed by atoms with E-state index in [1.165, 1.54) is 17.3 Å². The molecule has 10 heteroatoms. The fourth-order valence-corrected chi connectivity index (χ4v) is 5.48. The highest BCUT2D eigenvalue weighted by atomic mass is 35.5. The van der Waals surface area contributed by atoms with Crippen LogP contribution in [0.1, 0.15) is 46.9 Å². The number of H-pyrrole nitrogens is 1. The summed E-state index contributed by atoms with van der Waals surface area (Å²) in [6, 6.07) is 3.08. The molecule has 3 aromatic rings. The molecule has 0 unspecified atom stereocenters. The van der Waals surface area contributed by atoms with Crippen LogP contribution in [0.2, 0.25) is 5.02 Å². The standard InChI is InChI=1S/C22H23ClFN7O/c1-31(2)21(32)15-14(25)4-3-12(18(15)24)13-8-26-20-16(17(13)23)22(9-27-20)6-5-11(7-22)19-28-10-29-30-19/h3-4,8,10-11H,5-7,9,25H2,1-2H3,(H,26,27)(H,28,29,30)/t11-,22-/m0/s1. The number of aromatic amines is 1. The molecule has 1 fully saturated rings. The first kappa shape index (κ1) is 20.7. The highest BCUT2D eigenvalue weighted by Crippen LogP contribution is 2.55. The van der Waals surface area contributed by atoms with Crippen LogP contribution >= 0.6 is 11.6 Å². The van der Waals surface area contributed by atoms with Crippen LogP contribution in [0.15, 0.2) is 24.7 Å². The van der Waals surface area contributed by atoms with Gasteiger partial charge in [0.15, 0.2) is 0 Å². The smallest absolute Gasteiger partial charge is 0.258 e. The Morgan fingerprint density at radius 1 is 1.31 bits per heavy atom. The summed E-state index contributed by atoms with van der Waals surface area (Å²) in [7, 11) is 3.11. The third-order valence-electron chi connectivity index (χ3n) is 6.65. The van der Waals surface area contributed by atoms with Crippen molar-refractivity contribution in [3.8, 4) is 11.1 Å². The minimum atomic E-state index is -0.696. The molecular weight excluding hydrogens is 433 g/mol. The average molecular weight is 456 g/mol. The fraction of sp³-hybridized carbons (Fsp3) is 0.364. The molecule has 1 saturated carbocycles. The molecule has 1 aliphatic heterocycles. The molecule has 1 aliphatic carbocycles. The SMILES string of the molecule is CN(C)C(=O)c1c(N)ccc(-c2cnc3c(c2Cl)[C@]2(CC[C@H](c4ncn[nH]4)C2)CN3)c1F. The molecule has 2 atom stereocenters. The zero-order chi connectivity index (χ0) is 22.6. The van der Waals surface area contributed by atoms with E-state index in [9.17, 15) is 4.79 Å². The number of nitrogens with zero attached hydrogens (tertiary/aromatic N) is 4. The molecule has 1 amide bonds. The number of carbonyl (C=O) groups excluding carboxylic acids is 1. The van der Waals surface area contributed by atoms with Crippen LogP contribution in [-0.4, -0.2) is 51.6 Å². The van der Waals surface area contributed by atoms with Crippen molar-refractivity contribution in [3.63, 3.8) is 0 Å². The summed E-state index contributed by atoms with van der Waals surface area (Å²) in [6.45, 7) is 0.706. The van der Waals surface area contributed by atoms with Gasteiger partial charge in [-0.3, -0.25) is 9.89 Å². The molecular formula is C22H23ClFN7O. The highest BCUT2D eigenvalue weighted by Gasteiger charge is 2.48. The number of aromatic nitrogens is 4. The van der Waals surface area contributed by atoms with Gasteiger partial charge in [-0.25, -0.2) is 14.4 Å². The van der Waals surface area contributed by atoms with E-state index in [2.05, 4.69) is 25.5 Å². The van der Waals surface area contributed by atoms with Gasteiger partial charge in [0.1, 0.15) is 23.8 Å². The Morgan fingerprint density at radius 2 is 2.12 bits per heavy atom. The molecule has 0 bridgehead atoms. The van der Waals surface area contributed by atoms with Crippen LogP contribution in [0, 0.1) is 5.82 Å². The second kappa shape index (κ2) is 7.44. The summed E-state index contributed by atoms with van der Waals surface area (Å²) in [5.41, 5.74) is 7.18. The van der Waals surface area contributed by atoms with E-state index < -0.39 is 11.7 Å². The van der Waals surface area contributed by atoms with Crippen LogP contribution in [-0.2, 0) is 5.41 Å². The number of nitrogen functional groups attached to an aromatic ring is 1. The van der Waals surface area contributed by atoms with Gasteiger partial charge in [0.2, 0.25) is 0 Å². The normalized spacial score (nSPS) is 21.6. The maximum atomic E-state index is 15.5. The zero-order valence-corrected chi connectivity index (χ0v) is 18.5. The molecule has 1 spiro atoms. The number of benzene rings is 1. The molecule has 3 heterocycles.